The van der Waals surface area contributed by atoms with Crippen molar-refractivity contribution < 1.29 is 22.7 Å². The van der Waals surface area contributed by atoms with Gasteiger partial charge in [-0.1, -0.05) is 42.5 Å². The molecule has 3 rings (SSSR count). The maximum atomic E-state index is 13.2. The highest BCUT2D eigenvalue weighted by molar-refractivity contribution is 7.91. The number of nitrogens with one attached hydrogen (secondary N) is 1. The van der Waals surface area contributed by atoms with E-state index in [-0.39, 0.29) is 24.0 Å². The van der Waals surface area contributed by atoms with Gasteiger partial charge in [-0.2, -0.15) is 0 Å². The highest BCUT2D eigenvalue weighted by atomic mass is 32.2. The molecule has 1 fully saturated rings. The van der Waals surface area contributed by atoms with E-state index in [9.17, 15) is 13.2 Å². The standard InChI is InChI=1S/C21H26N2O5S/c1-27-18-10-6-9-17(20(18)28-2)15-22-21(24)19(16-7-4-3-5-8-16)23-11-13-29(25,26)14-12-23/h3-10,19H,11-15H2,1-2H3,(H,22,24). The fraction of sp³-hybridized carbons (Fsp3) is 0.381. The Kier molecular flexibility index (Phi) is 6.76. The lowest BCUT2D eigenvalue weighted by molar-refractivity contribution is -0.126. The molecule has 8 heteroatoms. The summed E-state index contributed by atoms with van der Waals surface area (Å²) in [5, 5.41) is 2.98. The highest BCUT2D eigenvalue weighted by Gasteiger charge is 2.32. The summed E-state index contributed by atoms with van der Waals surface area (Å²) in [5.74, 6) is 1.12. The molecule has 156 valence electrons. The van der Waals surface area contributed by atoms with Crippen molar-refractivity contribution in [3.63, 3.8) is 0 Å². The van der Waals surface area contributed by atoms with E-state index in [1.807, 2.05) is 47.4 Å². The van der Waals surface area contributed by atoms with Crippen molar-refractivity contribution in [3.8, 4) is 11.5 Å². The van der Waals surface area contributed by atoms with Crippen LogP contribution in [0.5, 0.6) is 11.5 Å². The zero-order chi connectivity index (χ0) is 20.9. The molecule has 2 aromatic rings. The lowest BCUT2D eigenvalue weighted by Gasteiger charge is -2.33. The Labute approximate surface area is 171 Å². The third kappa shape index (κ3) is 5.07. The Balaban J connectivity index is 1.79. The predicted octanol–water partition coefficient (Wildman–Crippen LogP) is 1.79. The van der Waals surface area contributed by atoms with Crippen LogP contribution in [-0.4, -0.2) is 58.0 Å². The van der Waals surface area contributed by atoms with Crippen LogP contribution in [0.1, 0.15) is 17.2 Å². The summed E-state index contributed by atoms with van der Waals surface area (Å²) < 4.78 is 34.4. The van der Waals surface area contributed by atoms with Gasteiger partial charge in [0.15, 0.2) is 21.3 Å². The molecule has 1 saturated heterocycles. The summed E-state index contributed by atoms with van der Waals surface area (Å²) in [4.78, 5) is 15.1. The van der Waals surface area contributed by atoms with Crippen molar-refractivity contribution in [1.29, 1.82) is 0 Å². The minimum Gasteiger partial charge on any atom is -0.493 e. The first kappa shape index (κ1) is 21.1. The largest absolute Gasteiger partial charge is 0.493 e. The summed E-state index contributed by atoms with van der Waals surface area (Å²) in [6.07, 6.45) is 0. The van der Waals surface area contributed by atoms with E-state index in [0.29, 0.717) is 24.6 Å². The zero-order valence-corrected chi connectivity index (χ0v) is 17.4. The molecule has 1 N–H and O–H groups in total. The number of benzene rings is 2. The molecule has 2 aromatic carbocycles. The van der Waals surface area contributed by atoms with Gasteiger partial charge in [-0.25, -0.2) is 8.42 Å². The number of carbonyl (C=O) groups is 1. The first-order chi connectivity index (χ1) is 13.9. The summed E-state index contributed by atoms with van der Waals surface area (Å²) >= 11 is 0. The molecule has 1 atom stereocenters. The van der Waals surface area contributed by atoms with Crippen molar-refractivity contribution in [2.75, 3.05) is 38.8 Å². The number of nitrogens with zero attached hydrogens (tertiary/aromatic N) is 1. The summed E-state index contributed by atoms with van der Waals surface area (Å²) in [7, 11) is 0.0923. The average molecular weight is 419 g/mol. The minimum atomic E-state index is -3.03. The van der Waals surface area contributed by atoms with Crippen LogP contribution in [0.2, 0.25) is 0 Å². The summed E-state index contributed by atoms with van der Waals surface area (Å²) in [5.41, 5.74) is 1.63. The van der Waals surface area contributed by atoms with Crippen molar-refractivity contribution in [1.82, 2.24) is 10.2 Å². The van der Waals surface area contributed by atoms with E-state index in [1.165, 1.54) is 0 Å². The molecule has 1 amide bonds. The molecule has 0 radical (unpaired) electrons. The van der Waals surface area contributed by atoms with Gasteiger partial charge in [0.25, 0.3) is 0 Å². The predicted molar refractivity (Wildman–Crippen MR) is 111 cm³/mol. The number of ether oxygens (including phenoxy) is 2. The third-order valence-corrected chi connectivity index (χ3v) is 6.65. The van der Waals surface area contributed by atoms with Gasteiger partial charge in [0.05, 0.1) is 25.7 Å². The normalized spacial score (nSPS) is 17.3. The number of carbonyl (C=O) groups excluding carboxylic acids is 1. The molecule has 0 spiro atoms. The van der Waals surface area contributed by atoms with Gasteiger partial charge in [-0.05, 0) is 11.6 Å². The molecule has 29 heavy (non-hydrogen) atoms. The Morgan fingerprint density at radius 3 is 2.34 bits per heavy atom. The number of hydrogen-bond acceptors (Lipinski definition) is 6. The Hall–Kier alpha value is -2.58. The van der Waals surface area contributed by atoms with E-state index < -0.39 is 15.9 Å². The number of amides is 1. The van der Waals surface area contributed by atoms with Gasteiger partial charge in [-0.3, -0.25) is 9.69 Å². The number of rotatable bonds is 7. The molecule has 7 nitrogen and oxygen atoms in total. The monoisotopic (exact) mass is 418 g/mol. The van der Waals surface area contributed by atoms with Gasteiger partial charge in [0.1, 0.15) is 6.04 Å². The van der Waals surface area contributed by atoms with E-state index in [1.54, 1.807) is 20.3 Å². The molecule has 0 bridgehead atoms. The fourth-order valence-corrected chi connectivity index (χ4v) is 4.75. The van der Waals surface area contributed by atoms with Crippen molar-refractivity contribution in [2.45, 2.75) is 12.6 Å². The maximum Gasteiger partial charge on any atom is 0.242 e. The van der Waals surface area contributed by atoms with Crippen LogP contribution in [0.3, 0.4) is 0 Å². The lowest BCUT2D eigenvalue weighted by atomic mass is 10.0. The molecule has 1 aliphatic heterocycles. The Morgan fingerprint density at radius 1 is 1.03 bits per heavy atom. The van der Waals surface area contributed by atoms with Gasteiger partial charge in [-0.15, -0.1) is 0 Å². The summed E-state index contributed by atoms with van der Waals surface area (Å²) in [6, 6.07) is 14.4. The van der Waals surface area contributed by atoms with Gasteiger partial charge >= 0.3 is 0 Å². The average Bonchev–Trinajstić information content (AvgIpc) is 2.74. The molecule has 1 unspecified atom stereocenters. The molecule has 0 aliphatic carbocycles. The molecule has 0 aromatic heterocycles. The van der Waals surface area contributed by atoms with Crippen molar-refractivity contribution in [2.24, 2.45) is 0 Å². The van der Waals surface area contributed by atoms with Crippen LogP contribution in [0.4, 0.5) is 0 Å². The smallest absolute Gasteiger partial charge is 0.242 e. The maximum absolute atomic E-state index is 13.2. The van der Waals surface area contributed by atoms with Crippen molar-refractivity contribution in [3.05, 3.63) is 59.7 Å². The van der Waals surface area contributed by atoms with Crippen LogP contribution in [0.25, 0.3) is 0 Å². The summed E-state index contributed by atoms with van der Waals surface area (Å²) in [6.45, 7) is 0.935. The highest BCUT2D eigenvalue weighted by Crippen LogP contribution is 2.31. The van der Waals surface area contributed by atoms with E-state index in [0.717, 1.165) is 11.1 Å². The van der Waals surface area contributed by atoms with Crippen LogP contribution >= 0.6 is 0 Å². The SMILES string of the molecule is COc1cccc(CNC(=O)C(c2ccccc2)N2CCS(=O)(=O)CC2)c1OC. The molecule has 0 saturated carbocycles. The number of sulfone groups is 1. The number of para-hydroxylation sites is 1. The minimum absolute atomic E-state index is 0.0628. The van der Waals surface area contributed by atoms with Crippen LogP contribution in [-0.2, 0) is 21.2 Å². The van der Waals surface area contributed by atoms with Gasteiger partial charge < -0.3 is 14.8 Å². The van der Waals surface area contributed by atoms with Crippen LogP contribution < -0.4 is 14.8 Å². The van der Waals surface area contributed by atoms with Crippen LogP contribution in [0, 0.1) is 0 Å². The van der Waals surface area contributed by atoms with E-state index >= 15 is 0 Å². The lowest BCUT2D eigenvalue weighted by Crippen LogP contribution is -2.47. The van der Waals surface area contributed by atoms with Gasteiger partial charge in [0, 0.05) is 25.2 Å². The van der Waals surface area contributed by atoms with Crippen molar-refractivity contribution >= 4 is 15.7 Å². The first-order valence-corrected chi connectivity index (χ1v) is 11.2. The third-order valence-electron chi connectivity index (χ3n) is 5.05. The number of methoxy groups -OCH3 is 2. The fourth-order valence-electron chi connectivity index (χ4n) is 3.52. The second kappa shape index (κ2) is 9.28. The zero-order valence-electron chi connectivity index (χ0n) is 16.6. The molecule has 1 heterocycles. The van der Waals surface area contributed by atoms with Gasteiger partial charge in [0.2, 0.25) is 5.91 Å². The Bertz CT molecular complexity index is 933. The topological polar surface area (TPSA) is 84.9 Å². The molecular weight excluding hydrogens is 392 g/mol. The van der Waals surface area contributed by atoms with Crippen LogP contribution in [0.15, 0.2) is 48.5 Å². The second-order valence-electron chi connectivity index (χ2n) is 6.87. The first-order valence-electron chi connectivity index (χ1n) is 9.42. The molecular formula is C21H26N2O5S. The second-order valence-corrected chi connectivity index (χ2v) is 9.18. The Morgan fingerprint density at radius 2 is 1.72 bits per heavy atom. The quantitative estimate of drug-likeness (QED) is 0.738. The van der Waals surface area contributed by atoms with E-state index in [4.69, 9.17) is 9.47 Å². The number of hydrogen-bond donors (Lipinski definition) is 1. The van der Waals surface area contributed by atoms with E-state index in [2.05, 4.69) is 5.32 Å². The molecule has 1 aliphatic rings.